The number of aromatic nitrogens is 3. The molecule has 3 N–H and O–H groups in total. The standard InChI is InChI=1S/C28H32N6O2/c1-19-9-8-13-23(15-19)36-18-21-16-24-26(30-17-22-12-6-7-14-34(22)28(35)29-2)32-25(33-27(24)31-21)20-10-4-3-5-11-20/h3-5,8-11,13,15-16,22H,6-7,12,14,17-18H2,1-2H3,(H,29,35)(H2,30,31,32,33)/t22-/m0/s1. The molecule has 2 aromatic heterocycles. The summed E-state index contributed by atoms with van der Waals surface area (Å²) in [5, 5.41) is 7.21. The Bertz CT molecular complexity index is 1340. The highest BCUT2D eigenvalue weighted by molar-refractivity contribution is 5.89. The van der Waals surface area contributed by atoms with Crippen molar-refractivity contribution in [1.82, 2.24) is 25.2 Å². The summed E-state index contributed by atoms with van der Waals surface area (Å²) in [6, 6.07) is 20.1. The number of anilines is 1. The molecule has 3 heterocycles. The summed E-state index contributed by atoms with van der Waals surface area (Å²) in [6.45, 7) is 3.83. The van der Waals surface area contributed by atoms with Crippen LogP contribution in [-0.4, -0.2) is 52.1 Å². The molecule has 1 fully saturated rings. The van der Waals surface area contributed by atoms with E-state index in [-0.39, 0.29) is 12.1 Å². The molecule has 1 aliphatic rings. The van der Waals surface area contributed by atoms with Gasteiger partial charge in [0.05, 0.1) is 17.1 Å². The van der Waals surface area contributed by atoms with Crippen LogP contribution in [0, 0.1) is 6.92 Å². The van der Waals surface area contributed by atoms with Crippen molar-refractivity contribution in [2.75, 3.05) is 25.5 Å². The lowest BCUT2D eigenvalue weighted by atomic mass is 10.0. The van der Waals surface area contributed by atoms with Crippen molar-refractivity contribution in [3.63, 3.8) is 0 Å². The van der Waals surface area contributed by atoms with E-state index in [9.17, 15) is 4.79 Å². The smallest absolute Gasteiger partial charge is 0.317 e. The van der Waals surface area contributed by atoms with E-state index in [0.29, 0.717) is 19.0 Å². The molecular formula is C28H32N6O2. The number of nitrogens with one attached hydrogen (secondary N) is 3. The van der Waals surface area contributed by atoms with Gasteiger partial charge in [0.2, 0.25) is 0 Å². The molecule has 5 rings (SSSR count). The number of aryl methyl sites for hydroxylation is 1. The lowest BCUT2D eigenvalue weighted by Gasteiger charge is -2.35. The Labute approximate surface area is 211 Å². The monoisotopic (exact) mass is 484 g/mol. The lowest BCUT2D eigenvalue weighted by molar-refractivity contribution is 0.157. The topological polar surface area (TPSA) is 95.2 Å². The van der Waals surface area contributed by atoms with Gasteiger partial charge >= 0.3 is 6.03 Å². The average molecular weight is 485 g/mol. The van der Waals surface area contributed by atoms with Crippen molar-refractivity contribution in [2.45, 2.75) is 38.8 Å². The highest BCUT2D eigenvalue weighted by atomic mass is 16.5. The van der Waals surface area contributed by atoms with Crippen molar-refractivity contribution in [1.29, 1.82) is 0 Å². The number of amides is 2. The van der Waals surface area contributed by atoms with E-state index < -0.39 is 0 Å². The molecule has 1 atom stereocenters. The van der Waals surface area contributed by atoms with Gasteiger partial charge in [-0.25, -0.2) is 14.8 Å². The quantitative estimate of drug-likeness (QED) is 0.339. The van der Waals surface area contributed by atoms with Crippen molar-refractivity contribution in [2.24, 2.45) is 0 Å². The molecule has 36 heavy (non-hydrogen) atoms. The number of benzene rings is 2. The molecular weight excluding hydrogens is 452 g/mol. The number of carbonyl (C=O) groups is 1. The predicted molar refractivity (Wildman–Crippen MR) is 142 cm³/mol. The Morgan fingerprint density at radius 2 is 1.97 bits per heavy atom. The third kappa shape index (κ3) is 5.27. The first-order chi connectivity index (χ1) is 17.6. The molecule has 1 saturated heterocycles. The van der Waals surface area contributed by atoms with E-state index in [2.05, 4.69) is 15.6 Å². The third-order valence-corrected chi connectivity index (χ3v) is 6.57. The number of piperidine rings is 1. The number of aromatic amines is 1. The van der Waals surface area contributed by atoms with Crippen LogP contribution in [0.15, 0.2) is 60.7 Å². The Hall–Kier alpha value is -4.07. The van der Waals surface area contributed by atoms with Gasteiger partial charge in [-0.2, -0.15) is 0 Å². The van der Waals surface area contributed by atoms with Crippen LogP contribution in [0.4, 0.5) is 10.6 Å². The maximum Gasteiger partial charge on any atom is 0.317 e. The summed E-state index contributed by atoms with van der Waals surface area (Å²) in [5.41, 5.74) is 3.77. The van der Waals surface area contributed by atoms with E-state index in [1.165, 1.54) is 0 Å². The van der Waals surface area contributed by atoms with Crippen molar-refractivity contribution in [3.8, 4) is 17.1 Å². The third-order valence-electron chi connectivity index (χ3n) is 6.57. The number of likely N-dealkylation sites (tertiary alicyclic amines) is 1. The number of H-pyrrole nitrogens is 1. The van der Waals surface area contributed by atoms with Crippen LogP contribution in [0.2, 0.25) is 0 Å². The van der Waals surface area contributed by atoms with Crippen molar-refractivity contribution >= 4 is 22.9 Å². The maximum absolute atomic E-state index is 12.4. The zero-order valence-corrected chi connectivity index (χ0v) is 20.8. The molecule has 0 spiro atoms. The average Bonchev–Trinajstić information content (AvgIpc) is 3.34. The number of fused-ring (bicyclic) bond motifs is 1. The Morgan fingerprint density at radius 3 is 2.78 bits per heavy atom. The highest BCUT2D eigenvalue weighted by Gasteiger charge is 2.26. The van der Waals surface area contributed by atoms with Crippen LogP contribution in [-0.2, 0) is 6.61 Å². The summed E-state index contributed by atoms with van der Waals surface area (Å²) >= 11 is 0. The van der Waals surface area contributed by atoms with Gasteiger partial charge in [-0.3, -0.25) is 0 Å². The molecule has 0 unspecified atom stereocenters. The minimum absolute atomic E-state index is 0.0310. The Balaban J connectivity index is 1.43. The molecule has 186 valence electrons. The van der Waals surface area contributed by atoms with Crippen LogP contribution in [0.25, 0.3) is 22.4 Å². The zero-order chi connectivity index (χ0) is 24.9. The SMILES string of the molecule is CNC(=O)N1CCCC[C@H]1CNc1nc(-c2ccccc2)nc2[nH]c(COc3cccc(C)c3)cc12. The molecule has 2 aromatic carbocycles. The van der Waals surface area contributed by atoms with E-state index in [1.807, 2.05) is 72.5 Å². The molecule has 8 heteroatoms. The molecule has 0 bridgehead atoms. The fourth-order valence-corrected chi connectivity index (χ4v) is 4.70. The molecule has 2 amide bonds. The van der Waals surface area contributed by atoms with Gasteiger partial charge in [0, 0.05) is 25.7 Å². The van der Waals surface area contributed by atoms with Crippen LogP contribution in [0.5, 0.6) is 5.75 Å². The first kappa shape index (κ1) is 23.7. The maximum atomic E-state index is 12.4. The van der Waals surface area contributed by atoms with E-state index >= 15 is 0 Å². The second kappa shape index (κ2) is 10.7. The van der Waals surface area contributed by atoms with E-state index in [0.717, 1.165) is 65.2 Å². The van der Waals surface area contributed by atoms with E-state index in [1.54, 1.807) is 7.05 Å². The number of hydrogen-bond donors (Lipinski definition) is 3. The summed E-state index contributed by atoms with van der Waals surface area (Å²) in [4.78, 5) is 27.4. The molecule has 4 aromatic rings. The van der Waals surface area contributed by atoms with Gasteiger partial charge in [0.25, 0.3) is 0 Å². The highest BCUT2D eigenvalue weighted by Crippen LogP contribution is 2.27. The summed E-state index contributed by atoms with van der Waals surface area (Å²) in [7, 11) is 1.68. The number of nitrogens with zero attached hydrogens (tertiary/aromatic N) is 3. The van der Waals surface area contributed by atoms with Crippen molar-refractivity contribution in [3.05, 3.63) is 71.9 Å². The van der Waals surface area contributed by atoms with Gasteiger partial charge in [-0.05, 0) is 49.9 Å². The van der Waals surface area contributed by atoms with Crippen LogP contribution >= 0.6 is 0 Å². The lowest BCUT2D eigenvalue weighted by Crippen LogP contribution is -2.50. The van der Waals surface area contributed by atoms with Gasteiger partial charge < -0.3 is 25.3 Å². The minimum atomic E-state index is -0.0310. The summed E-state index contributed by atoms with van der Waals surface area (Å²) in [5.74, 6) is 2.22. The van der Waals surface area contributed by atoms with Gasteiger partial charge in [-0.15, -0.1) is 0 Å². The first-order valence-electron chi connectivity index (χ1n) is 12.5. The Kier molecular flexibility index (Phi) is 7.02. The van der Waals surface area contributed by atoms with Crippen LogP contribution < -0.4 is 15.4 Å². The van der Waals surface area contributed by atoms with Crippen molar-refractivity contribution < 1.29 is 9.53 Å². The van der Waals surface area contributed by atoms with Gasteiger partial charge in [-0.1, -0.05) is 42.5 Å². The van der Waals surface area contributed by atoms with Crippen LogP contribution in [0.3, 0.4) is 0 Å². The largest absolute Gasteiger partial charge is 0.487 e. The molecule has 8 nitrogen and oxygen atoms in total. The fourth-order valence-electron chi connectivity index (χ4n) is 4.70. The van der Waals surface area contributed by atoms with Gasteiger partial charge in [0.15, 0.2) is 5.82 Å². The summed E-state index contributed by atoms with van der Waals surface area (Å²) < 4.78 is 6.01. The zero-order valence-electron chi connectivity index (χ0n) is 20.8. The normalized spacial score (nSPS) is 15.6. The predicted octanol–water partition coefficient (Wildman–Crippen LogP) is 5.12. The molecule has 0 aliphatic carbocycles. The number of ether oxygens (including phenoxy) is 1. The number of urea groups is 1. The minimum Gasteiger partial charge on any atom is -0.487 e. The second-order valence-electron chi connectivity index (χ2n) is 9.20. The molecule has 0 radical (unpaired) electrons. The molecule has 0 saturated carbocycles. The van der Waals surface area contributed by atoms with Crippen LogP contribution in [0.1, 0.15) is 30.5 Å². The summed E-state index contributed by atoms with van der Waals surface area (Å²) in [6.07, 6.45) is 3.10. The van der Waals surface area contributed by atoms with E-state index in [4.69, 9.17) is 14.7 Å². The van der Waals surface area contributed by atoms with Gasteiger partial charge in [0.1, 0.15) is 23.8 Å². The second-order valence-corrected chi connectivity index (χ2v) is 9.20. The number of carbonyl (C=O) groups excluding carboxylic acids is 1. The Morgan fingerprint density at radius 1 is 1.11 bits per heavy atom. The molecule has 1 aliphatic heterocycles. The fraction of sp³-hybridized carbons (Fsp3) is 0.321. The first-order valence-corrected chi connectivity index (χ1v) is 12.5. The number of rotatable bonds is 7. The number of hydrogen-bond acceptors (Lipinski definition) is 5.